The van der Waals surface area contributed by atoms with Gasteiger partial charge in [-0.1, -0.05) is 6.07 Å². The molecule has 0 saturated heterocycles. The lowest BCUT2D eigenvalue weighted by atomic mass is 10.2. The average molecular weight is 278 g/mol. The zero-order valence-corrected chi connectivity index (χ0v) is 11.5. The predicted octanol–water partition coefficient (Wildman–Crippen LogP) is 1.68. The molecular formula is C13H14N2O3S. The van der Waals surface area contributed by atoms with Gasteiger partial charge in [0.25, 0.3) is 5.56 Å². The van der Waals surface area contributed by atoms with Gasteiger partial charge in [0.15, 0.2) is 0 Å². The average Bonchev–Trinajstić information content (AvgIpc) is 2.39. The van der Waals surface area contributed by atoms with E-state index in [4.69, 9.17) is 4.74 Å². The van der Waals surface area contributed by atoms with Crippen LogP contribution in [0.15, 0.2) is 29.1 Å². The van der Waals surface area contributed by atoms with Crippen LogP contribution in [-0.4, -0.2) is 22.0 Å². The molecule has 5 nitrogen and oxygen atoms in total. The number of benzene rings is 1. The van der Waals surface area contributed by atoms with E-state index in [0.717, 1.165) is 11.6 Å². The second-order valence-corrected chi connectivity index (χ2v) is 4.38. The van der Waals surface area contributed by atoms with E-state index in [1.165, 1.54) is 11.8 Å². The molecule has 2 rings (SSSR count). The second kappa shape index (κ2) is 5.36. The summed E-state index contributed by atoms with van der Waals surface area (Å²) in [7, 11) is 1.53. The molecule has 100 valence electrons. The number of nitrogens with zero attached hydrogens (tertiary/aromatic N) is 2. The Labute approximate surface area is 115 Å². The highest BCUT2D eigenvalue weighted by Gasteiger charge is 2.12. The Hall–Kier alpha value is -1.95. The number of rotatable bonds is 3. The zero-order valence-electron chi connectivity index (χ0n) is 10.6. The van der Waals surface area contributed by atoms with Gasteiger partial charge < -0.3 is 9.84 Å². The zero-order chi connectivity index (χ0) is 14.0. The lowest BCUT2D eigenvalue weighted by molar-refractivity contribution is 0.410. The van der Waals surface area contributed by atoms with Crippen LogP contribution >= 0.6 is 12.6 Å². The summed E-state index contributed by atoms with van der Waals surface area (Å²) in [5, 5.41) is 13.7. The van der Waals surface area contributed by atoms with Crippen molar-refractivity contribution in [3.8, 4) is 17.2 Å². The number of thiol groups is 1. The molecule has 2 aromatic rings. The minimum absolute atomic E-state index is 0.150. The van der Waals surface area contributed by atoms with Crippen LogP contribution in [0.3, 0.4) is 0 Å². The van der Waals surface area contributed by atoms with Gasteiger partial charge in [-0.15, -0.1) is 0 Å². The molecular weight excluding hydrogens is 264 g/mol. The molecule has 1 N–H and O–H groups in total. The first kappa shape index (κ1) is 13.5. The molecule has 0 saturated carbocycles. The maximum Gasteiger partial charge on any atom is 0.275 e. The lowest BCUT2D eigenvalue weighted by Gasteiger charge is -2.12. The van der Waals surface area contributed by atoms with Crippen LogP contribution in [0.4, 0.5) is 0 Å². The Morgan fingerprint density at radius 1 is 1.42 bits per heavy atom. The van der Waals surface area contributed by atoms with Crippen molar-refractivity contribution in [3.05, 3.63) is 45.9 Å². The summed E-state index contributed by atoms with van der Waals surface area (Å²) in [6.07, 6.45) is 0. The van der Waals surface area contributed by atoms with Gasteiger partial charge in [-0.3, -0.25) is 4.79 Å². The van der Waals surface area contributed by atoms with Crippen molar-refractivity contribution in [2.45, 2.75) is 12.7 Å². The third-order valence-electron chi connectivity index (χ3n) is 2.70. The third kappa shape index (κ3) is 2.58. The van der Waals surface area contributed by atoms with Crippen molar-refractivity contribution < 1.29 is 9.84 Å². The summed E-state index contributed by atoms with van der Waals surface area (Å²) in [5.74, 6) is 0.624. The van der Waals surface area contributed by atoms with Crippen LogP contribution in [0.5, 0.6) is 11.5 Å². The van der Waals surface area contributed by atoms with Crippen LogP contribution < -0.4 is 10.3 Å². The Bertz CT molecular complexity index is 667. The fourth-order valence-electron chi connectivity index (χ4n) is 1.73. The first-order valence-corrected chi connectivity index (χ1v) is 6.28. The number of hydrogen-bond donors (Lipinski definition) is 2. The molecule has 0 atom stereocenters. The van der Waals surface area contributed by atoms with Crippen molar-refractivity contribution in [1.29, 1.82) is 0 Å². The molecule has 0 fully saturated rings. The monoisotopic (exact) mass is 278 g/mol. The largest absolute Gasteiger partial charge is 0.506 e. The number of aromatic nitrogens is 2. The van der Waals surface area contributed by atoms with Crippen molar-refractivity contribution >= 4 is 12.6 Å². The molecule has 0 unspecified atom stereocenters. The first-order valence-electron chi connectivity index (χ1n) is 5.65. The summed E-state index contributed by atoms with van der Waals surface area (Å²) in [6, 6.07) is 6.58. The van der Waals surface area contributed by atoms with Gasteiger partial charge in [0.05, 0.1) is 7.11 Å². The topological polar surface area (TPSA) is 64.3 Å². The fourth-order valence-corrected chi connectivity index (χ4v) is 1.96. The van der Waals surface area contributed by atoms with Crippen LogP contribution in [0.25, 0.3) is 5.69 Å². The van der Waals surface area contributed by atoms with Crippen LogP contribution in [-0.2, 0) is 5.75 Å². The number of hydrogen-bond acceptors (Lipinski definition) is 5. The summed E-state index contributed by atoms with van der Waals surface area (Å²) < 4.78 is 6.44. The van der Waals surface area contributed by atoms with Crippen molar-refractivity contribution in [2.24, 2.45) is 0 Å². The highest BCUT2D eigenvalue weighted by atomic mass is 32.1. The van der Waals surface area contributed by atoms with Gasteiger partial charge >= 0.3 is 0 Å². The predicted molar refractivity (Wildman–Crippen MR) is 75.5 cm³/mol. The smallest absolute Gasteiger partial charge is 0.275 e. The van der Waals surface area contributed by atoms with Crippen LogP contribution in [0, 0.1) is 6.92 Å². The van der Waals surface area contributed by atoms with E-state index in [0.29, 0.717) is 17.1 Å². The summed E-state index contributed by atoms with van der Waals surface area (Å²) in [6.45, 7) is 1.91. The molecule has 1 aromatic heterocycles. The van der Waals surface area contributed by atoms with E-state index in [1.807, 2.05) is 13.0 Å². The Balaban J connectivity index is 2.71. The molecule has 6 heteroatoms. The second-order valence-electron chi connectivity index (χ2n) is 4.06. The first-order chi connectivity index (χ1) is 9.06. The summed E-state index contributed by atoms with van der Waals surface area (Å²) in [5.41, 5.74) is 1.43. The Kier molecular flexibility index (Phi) is 3.80. The highest BCUT2D eigenvalue weighted by Crippen LogP contribution is 2.23. The maximum absolute atomic E-state index is 11.9. The van der Waals surface area contributed by atoms with E-state index in [-0.39, 0.29) is 11.5 Å². The lowest BCUT2D eigenvalue weighted by Crippen LogP contribution is -2.22. The van der Waals surface area contributed by atoms with E-state index >= 15 is 0 Å². The number of ether oxygens (including phenoxy) is 1. The van der Waals surface area contributed by atoms with Gasteiger partial charge in [0, 0.05) is 11.8 Å². The standard InChI is InChI=1S/C13H14N2O3S/c1-8-3-4-12(18-2)10(5-8)15-13(17)6-11(16)9(7-19)14-15/h3-6,16,19H,7H2,1-2H3. The van der Waals surface area contributed by atoms with E-state index in [1.54, 1.807) is 12.1 Å². The molecule has 0 radical (unpaired) electrons. The molecule has 0 aliphatic heterocycles. The number of aryl methyl sites for hydroxylation is 1. The highest BCUT2D eigenvalue weighted by molar-refractivity contribution is 7.79. The molecule has 1 heterocycles. The number of methoxy groups -OCH3 is 1. The molecule has 0 spiro atoms. The van der Waals surface area contributed by atoms with E-state index < -0.39 is 5.56 Å². The van der Waals surface area contributed by atoms with Gasteiger partial charge in [-0.2, -0.15) is 22.4 Å². The molecule has 1 aromatic carbocycles. The van der Waals surface area contributed by atoms with Gasteiger partial charge in [-0.25, -0.2) is 0 Å². The summed E-state index contributed by atoms with van der Waals surface area (Å²) in [4.78, 5) is 11.9. The minimum atomic E-state index is -0.424. The molecule has 0 aliphatic carbocycles. The minimum Gasteiger partial charge on any atom is -0.506 e. The Morgan fingerprint density at radius 3 is 2.79 bits per heavy atom. The molecule has 19 heavy (non-hydrogen) atoms. The van der Waals surface area contributed by atoms with Crippen LogP contribution in [0.2, 0.25) is 0 Å². The SMILES string of the molecule is COc1ccc(C)cc1-n1nc(CS)c(O)cc1=O. The maximum atomic E-state index is 11.9. The third-order valence-corrected chi connectivity index (χ3v) is 3.00. The quantitative estimate of drug-likeness (QED) is 0.839. The Morgan fingerprint density at radius 2 is 2.16 bits per heavy atom. The van der Waals surface area contributed by atoms with Gasteiger partial charge in [0.2, 0.25) is 0 Å². The van der Waals surface area contributed by atoms with Crippen molar-refractivity contribution in [2.75, 3.05) is 7.11 Å². The molecule has 0 amide bonds. The summed E-state index contributed by atoms with van der Waals surface area (Å²) >= 11 is 4.07. The van der Waals surface area contributed by atoms with E-state index in [2.05, 4.69) is 17.7 Å². The molecule has 0 aliphatic rings. The van der Waals surface area contributed by atoms with Gasteiger partial charge in [0.1, 0.15) is 22.9 Å². The van der Waals surface area contributed by atoms with Gasteiger partial charge in [-0.05, 0) is 24.6 Å². The van der Waals surface area contributed by atoms with Crippen molar-refractivity contribution in [1.82, 2.24) is 9.78 Å². The molecule has 0 bridgehead atoms. The van der Waals surface area contributed by atoms with Crippen molar-refractivity contribution in [3.63, 3.8) is 0 Å². The van der Waals surface area contributed by atoms with E-state index in [9.17, 15) is 9.90 Å². The van der Waals surface area contributed by atoms with Crippen LogP contribution in [0.1, 0.15) is 11.3 Å². The fraction of sp³-hybridized carbons (Fsp3) is 0.231. The number of aromatic hydroxyl groups is 1. The normalized spacial score (nSPS) is 10.5.